The summed E-state index contributed by atoms with van der Waals surface area (Å²) in [6.45, 7) is 0.898. The molecule has 0 bridgehead atoms. The number of piperidine rings is 1. The molecule has 1 fully saturated rings. The minimum absolute atomic E-state index is 0.0109. The number of nitrogens with zero attached hydrogens (tertiary/aromatic N) is 4. The maximum Gasteiger partial charge on any atom is 0.277 e. The molecule has 5 rings (SSSR count). The van der Waals surface area contributed by atoms with E-state index < -0.39 is 17.6 Å². The summed E-state index contributed by atoms with van der Waals surface area (Å²) in [4.78, 5) is 41.4. The Hall–Kier alpha value is -4.21. The highest BCUT2D eigenvalue weighted by Gasteiger charge is 2.36. The third-order valence-corrected chi connectivity index (χ3v) is 6.39. The maximum absolute atomic E-state index is 13.9. The summed E-state index contributed by atoms with van der Waals surface area (Å²) in [5.41, 5.74) is 7.62. The Balaban J connectivity index is 1.56. The lowest BCUT2D eigenvalue weighted by atomic mass is 10.0. The molecule has 2 aliphatic rings. The molecule has 0 saturated carbocycles. The molecule has 180 valence electrons. The number of rotatable bonds is 5. The summed E-state index contributed by atoms with van der Waals surface area (Å²) in [7, 11) is 1.50. The standard InChI is InChI=1S/C25H24FN5O4/c1-35-20-14-16(29-11-3-2-7-21(29)32)8-9-19(20)30-12-10-18-22(24(27)33)28-31(23(18)25(30)34)17-6-4-5-15(26)13-17/h4-6,8-9,13-14H,2-3,7,10-12H2,1H3,(H2,27,33). The zero-order valence-electron chi connectivity index (χ0n) is 19.2. The fraction of sp³-hybridized carbons (Fsp3) is 0.280. The molecule has 2 N–H and O–H groups in total. The Kier molecular flexibility index (Phi) is 5.72. The van der Waals surface area contributed by atoms with E-state index in [9.17, 15) is 18.8 Å². The van der Waals surface area contributed by atoms with Gasteiger partial charge in [0.2, 0.25) is 5.91 Å². The van der Waals surface area contributed by atoms with Crippen molar-refractivity contribution in [1.29, 1.82) is 0 Å². The van der Waals surface area contributed by atoms with Crippen LogP contribution >= 0.6 is 0 Å². The lowest BCUT2D eigenvalue weighted by Gasteiger charge is -2.31. The molecule has 0 radical (unpaired) electrons. The molecule has 3 amide bonds. The zero-order valence-corrected chi connectivity index (χ0v) is 19.2. The van der Waals surface area contributed by atoms with Gasteiger partial charge >= 0.3 is 0 Å². The number of fused-ring (bicyclic) bond motifs is 1. The van der Waals surface area contributed by atoms with Crippen molar-refractivity contribution in [2.75, 3.05) is 30.0 Å². The fourth-order valence-electron chi connectivity index (χ4n) is 4.72. The largest absolute Gasteiger partial charge is 0.494 e. The van der Waals surface area contributed by atoms with Gasteiger partial charge in [-0.3, -0.25) is 14.4 Å². The first kappa shape index (κ1) is 22.6. The number of amides is 3. The molecule has 0 aliphatic carbocycles. The monoisotopic (exact) mass is 477 g/mol. The van der Waals surface area contributed by atoms with Gasteiger partial charge in [-0.15, -0.1) is 0 Å². The SMILES string of the molecule is COc1cc(N2CCCCC2=O)ccc1N1CCc2c(C(N)=O)nn(-c3cccc(F)c3)c2C1=O. The van der Waals surface area contributed by atoms with Gasteiger partial charge in [-0.25, -0.2) is 9.07 Å². The molecule has 0 spiro atoms. The molecule has 0 unspecified atom stereocenters. The molecule has 2 aliphatic heterocycles. The Labute approximate surface area is 200 Å². The maximum atomic E-state index is 13.9. The van der Waals surface area contributed by atoms with Crippen molar-refractivity contribution in [2.24, 2.45) is 5.73 Å². The van der Waals surface area contributed by atoms with Crippen LogP contribution in [0.15, 0.2) is 42.5 Å². The molecule has 1 aromatic heterocycles. The van der Waals surface area contributed by atoms with E-state index in [1.54, 1.807) is 29.2 Å². The van der Waals surface area contributed by atoms with Crippen LogP contribution in [-0.4, -0.2) is 47.7 Å². The number of carbonyl (C=O) groups is 3. The van der Waals surface area contributed by atoms with Gasteiger partial charge in [0.05, 0.1) is 18.5 Å². The first-order valence-corrected chi connectivity index (χ1v) is 11.4. The number of aromatic nitrogens is 2. The lowest BCUT2D eigenvalue weighted by molar-refractivity contribution is -0.119. The van der Waals surface area contributed by atoms with Gasteiger partial charge in [0.25, 0.3) is 11.8 Å². The molecule has 35 heavy (non-hydrogen) atoms. The highest BCUT2D eigenvalue weighted by atomic mass is 19.1. The number of carbonyl (C=O) groups excluding carboxylic acids is 3. The summed E-state index contributed by atoms with van der Waals surface area (Å²) in [6.07, 6.45) is 2.63. The molecular weight excluding hydrogens is 453 g/mol. The van der Waals surface area contributed by atoms with Gasteiger partial charge in [0, 0.05) is 36.8 Å². The van der Waals surface area contributed by atoms with Crippen molar-refractivity contribution >= 4 is 29.1 Å². The molecule has 2 aromatic carbocycles. The smallest absolute Gasteiger partial charge is 0.277 e. The number of anilines is 2. The van der Waals surface area contributed by atoms with Crippen LogP contribution in [0, 0.1) is 5.82 Å². The van der Waals surface area contributed by atoms with Crippen molar-refractivity contribution < 1.29 is 23.5 Å². The van der Waals surface area contributed by atoms with Crippen molar-refractivity contribution in [3.05, 3.63) is 65.2 Å². The topological polar surface area (TPSA) is 111 Å². The van der Waals surface area contributed by atoms with E-state index in [-0.39, 0.29) is 23.8 Å². The Morgan fingerprint density at radius 3 is 2.57 bits per heavy atom. The third-order valence-electron chi connectivity index (χ3n) is 6.39. The van der Waals surface area contributed by atoms with Crippen molar-refractivity contribution in [3.63, 3.8) is 0 Å². The van der Waals surface area contributed by atoms with E-state index in [1.807, 2.05) is 0 Å². The summed E-state index contributed by atoms with van der Waals surface area (Å²) in [5, 5.41) is 4.26. The minimum Gasteiger partial charge on any atom is -0.494 e. The number of methoxy groups -OCH3 is 1. The highest BCUT2D eigenvalue weighted by Crippen LogP contribution is 2.37. The first-order valence-electron chi connectivity index (χ1n) is 11.4. The predicted molar refractivity (Wildman–Crippen MR) is 127 cm³/mol. The van der Waals surface area contributed by atoms with E-state index in [1.165, 1.54) is 34.9 Å². The molecule has 3 aromatic rings. The summed E-state index contributed by atoms with van der Waals surface area (Å²) in [6, 6.07) is 10.9. The van der Waals surface area contributed by atoms with Crippen LogP contribution in [0.4, 0.5) is 15.8 Å². The van der Waals surface area contributed by atoms with Gasteiger partial charge < -0.3 is 20.3 Å². The van der Waals surface area contributed by atoms with Gasteiger partial charge in [-0.05, 0) is 49.6 Å². The van der Waals surface area contributed by atoms with Crippen molar-refractivity contribution in [2.45, 2.75) is 25.7 Å². The van der Waals surface area contributed by atoms with Gasteiger partial charge in [0.15, 0.2) is 5.69 Å². The Morgan fingerprint density at radius 2 is 1.86 bits per heavy atom. The van der Waals surface area contributed by atoms with Gasteiger partial charge in [-0.1, -0.05) is 6.07 Å². The van der Waals surface area contributed by atoms with Gasteiger partial charge in [0.1, 0.15) is 17.3 Å². The molecule has 3 heterocycles. The Morgan fingerprint density at radius 1 is 1.03 bits per heavy atom. The fourth-order valence-corrected chi connectivity index (χ4v) is 4.72. The number of benzene rings is 2. The average Bonchev–Trinajstić information content (AvgIpc) is 3.25. The molecule has 1 saturated heterocycles. The van der Waals surface area contributed by atoms with Crippen LogP contribution < -0.4 is 20.3 Å². The number of halogens is 1. The van der Waals surface area contributed by atoms with Crippen molar-refractivity contribution in [1.82, 2.24) is 9.78 Å². The normalized spacial score (nSPS) is 15.8. The summed E-state index contributed by atoms with van der Waals surface area (Å²) in [5.74, 6) is -1.19. The highest BCUT2D eigenvalue weighted by molar-refractivity contribution is 6.10. The number of nitrogens with two attached hydrogens (primary N) is 1. The lowest BCUT2D eigenvalue weighted by Crippen LogP contribution is -2.39. The van der Waals surface area contributed by atoms with Crippen LogP contribution in [0.5, 0.6) is 5.75 Å². The van der Waals surface area contributed by atoms with Crippen LogP contribution in [-0.2, 0) is 11.2 Å². The van der Waals surface area contributed by atoms with Crippen LogP contribution in [0.25, 0.3) is 5.69 Å². The number of hydrogen-bond donors (Lipinski definition) is 1. The van der Waals surface area contributed by atoms with E-state index >= 15 is 0 Å². The number of hydrogen-bond acceptors (Lipinski definition) is 5. The number of primary amides is 1. The second kappa shape index (κ2) is 8.86. The van der Waals surface area contributed by atoms with E-state index in [0.717, 1.165) is 12.8 Å². The van der Waals surface area contributed by atoms with E-state index in [0.29, 0.717) is 47.8 Å². The minimum atomic E-state index is -0.759. The van der Waals surface area contributed by atoms with Crippen LogP contribution in [0.1, 0.15) is 45.8 Å². The summed E-state index contributed by atoms with van der Waals surface area (Å²) < 4.78 is 20.8. The van der Waals surface area contributed by atoms with Gasteiger partial charge in [-0.2, -0.15) is 5.10 Å². The van der Waals surface area contributed by atoms with Crippen molar-refractivity contribution in [3.8, 4) is 11.4 Å². The average molecular weight is 477 g/mol. The summed E-state index contributed by atoms with van der Waals surface area (Å²) >= 11 is 0. The van der Waals surface area contributed by atoms with E-state index in [4.69, 9.17) is 10.5 Å². The van der Waals surface area contributed by atoms with E-state index in [2.05, 4.69) is 5.10 Å². The second-order valence-electron chi connectivity index (χ2n) is 8.50. The molecular formula is C25H24FN5O4. The van der Waals surface area contributed by atoms with Crippen LogP contribution in [0.2, 0.25) is 0 Å². The van der Waals surface area contributed by atoms with Crippen LogP contribution in [0.3, 0.4) is 0 Å². The molecule has 10 heteroatoms. The first-order chi connectivity index (χ1) is 16.9. The quantitative estimate of drug-likeness (QED) is 0.608. The second-order valence-corrected chi connectivity index (χ2v) is 8.50. The molecule has 9 nitrogen and oxygen atoms in total. The Bertz CT molecular complexity index is 1350. The third kappa shape index (κ3) is 3.90. The number of ether oxygens (including phenoxy) is 1. The zero-order chi connectivity index (χ0) is 24.7. The molecule has 0 atom stereocenters. The predicted octanol–water partition coefficient (Wildman–Crippen LogP) is 2.84.